The standard InChI is InChI=1S/C10H17NO2S/c1-3-12-6-7-13-5-4-10-9(2)11-8-14-10/h8H,3-7H2,1-2H3. The minimum absolute atomic E-state index is 0.686. The quantitative estimate of drug-likeness (QED) is 0.652. The SMILES string of the molecule is CCOCCOCCc1scnc1C. The number of aromatic nitrogens is 1. The number of nitrogens with zero attached hydrogens (tertiary/aromatic N) is 1. The van der Waals surface area contributed by atoms with E-state index >= 15 is 0 Å². The topological polar surface area (TPSA) is 31.4 Å². The summed E-state index contributed by atoms with van der Waals surface area (Å²) >= 11 is 1.70. The lowest BCUT2D eigenvalue weighted by atomic mass is 10.3. The number of thiazole rings is 1. The van der Waals surface area contributed by atoms with Crippen molar-refractivity contribution in [2.75, 3.05) is 26.4 Å². The summed E-state index contributed by atoms with van der Waals surface area (Å²) in [5, 5.41) is 0. The molecule has 0 aliphatic heterocycles. The fourth-order valence-corrected chi connectivity index (χ4v) is 1.86. The van der Waals surface area contributed by atoms with Crippen molar-refractivity contribution in [3.63, 3.8) is 0 Å². The molecule has 1 rings (SSSR count). The first kappa shape index (κ1) is 11.6. The van der Waals surface area contributed by atoms with Gasteiger partial charge in [-0.25, -0.2) is 4.98 Å². The Morgan fingerprint density at radius 1 is 1.29 bits per heavy atom. The summed E-state index contributed by atoms with van der Waals surface area (Å²) in [5.74, 6) is 0. The lowest BCUT2D eigenvalue weighted by Gasteiger charge is -2.03. The summed E-state index contributed by atoms with van der Waals surface area (Å²) < 4.78 is 10.6. The molecule has 1 heterocycles. The van der Waals surface area contributed by atoms with Crippen LogP contribution in [-0.4, -0.2) is 31.4 Å². The summed E-state index contributed by atoms with van der Waals surface area (Å²) in [6, 6.07) is 0. The molecule has 0 saturated carbocycles. The van der Waals surface area contributed by atoms with Crippen LogP contribution in [-0.2, 0) is 15.9 Å². The molecular weight excluding hydrogens is 198 g/mol. The number of rotatable bonds is 7. The fraction of sp³-hybridized carbons (Fsp3) is 0.700. The molecule has 0 atom stereocenters. The van der Waals surface area contributed by atoms with Gasteiger partial charge in [-0.1, -0.05) is 0 Å². The predicted molar refractivity (Wildman–Crippen MR) is 57.9 cm³/mol. The van der Waals surface area contributed by atoms with E-state index in [1.165, 1.54) is 4.88 Å². The minimum atomic E-state index is 0.686. The summed E-state index contributed by atoms with van der Waals surface area (Å²) in [5.41, 5.74) is 3.01. The molecule has 0 bridgehead atoms. The Bertz CT molecular complexity index is 250. The van der Waals surface area contributed by atoms with Gasteiger partial charge in [0, 0.05) is 17.9 Å². The van der Waals surface area contributed by atoms with Crippen LogP contribution in [0, 0.1) is 6.92 Å². The van der Waals surface area contributed by atoms with Crippen LogP contribution >= 0.6 is 11.3 Å². The highest BCUT2D eigenvalue weighted by Gasteiger charge is 2.00. The van der Waals surface area contributed by atoms with Gasteiger partial charge in [-0.15, -0.1) is 11.3 Å². The van der Waals surface area contributed by atoms with Crippen molar-refractivity contribution in [1.82, 2.24) is 4.98 Å². The van der Waals surface area contributed by atoms with Crippen molar-refractivity contribution >= 4 is 11.3 Å². The van der Waals surface area contributed by atoms with Crippen LogP contribution in [0.1, 0.15) is 17.5 Å². The third-order valence-corrected chi connectivity index (χ3v) is 2.89. The molecule has 0 saturated heterocycles. The van der Waals surface area contributed by atoms with Gasteiger partial charge in [-0.2, -0.15) is 0 Å². The van der Waals surface area contributed by atoms with E-state index < -0.39 is 0 Å². The van der Waals surface area contributed by atoms with E-state index in [4.69, 9.17) is 9.47 Å². The highest BCUT2D eigenvalue weighted by molar-refractivity contribution is 7.09. The normalized spacial score (nSPS) is 10.7. The first-order chi connectivity index (χ1) is 6.84. The van der Waals surface area contributed by atoms with Crippen LogP contribution in [0.4, 0.5) is 0 Å². The summed E-state index contributed by atoms with van der Waals surface area (Å²) in [4.78, 5) is 5.50. The molecule has 0 fully saturated rings. The molecule has 3 nitrogen and oxygen atoms in total. The molecule has 4 heteroatoms. The molecule has 0 aromatic carbocycles. The van der Waals surface area contributed by atoms with Crippen molar-refractivity contribution < 1.29 is 9.47 Å². The van der Waals surface area contributed by atoms with Crippen molar-refractivity contribution in [3.05, 3.63) is 16.1 Å². The lowest BCUT2D eigenvalue weighted by Crippen LogP contribution is -2.06. The lowest BCUT2D eigenvalue weighted by molar-refractivity contribution is 0.0542. The summed E-state index contributed by atoms with van der Waals surface area (Å²) in [7, 11) is 0. The maximum atomic E-state index is 5.42. The van der Waals surface area contributed by atoms with Crippen LogP contribution in [0.2, 0.25) is 0 Å². The van der Waals surface area contributed by atoms with Crippen molar-refractivity contribution in [1.29, 1.82) is 0 Å². The zero-order chi connectivity index (χ0) is 10.2. The first-order valence-corrected chi connectivity index (χ1v) is 5.77. The Balaban J connectivity index is 2.02. The number of aryl methyl sites for hydroxylation is 1. The third kappa shape index (κ3) is 4.17. The van der Waals surface area contributed by atoms with Crippen LogP contribution in [0.5, 0.6) is 0 Å². The molecule has 0 aliphatic rings. The molecule has 0 spiro atoms. The Morgan fingerprint density at radius 2 is 2.07 bits per heavy atom. The first-order valence-electron chi connectivity index (χ1n) is 4.89. The number of hydrogen-bond acceptors (Lipinski definition) is 4. The highest BCUT2D eigenvalue weighted by Crippen LogP contribution is 2.12. The third-order valence-electron chi connectivity index (χ3n) is 1.89. The zero-order valence-corrected chi connectivity index (χ0v) is 9.60. The monoisotopic (exact) mass is 215 g/mol. The second-order valence-corrected chi connectivity index (χ2v) is 3.86. The Hall–Kier alpha value is -0.450. The Morgan fingerprint density at radius 3 is 2.71 bits per heavy atom. The van der Waals surface area contributed by atoms with Crippen molar-refractivity contribution in [2.45, 2.75) is 20.3 Å². The smallest absolute Gasteiger partial charge is 0.0797 e. The molecular formula is C10H17NO2S. The van der Waals surface area contributed by atoms with E-state index in [9.17, 15) is 0 Å². The number of hydrogen-bond donors (Lipinski definition) is 0. The molecule has 0 N–H and O–H groups in total. The molecule has 1 aromatic rings. The van der Waals surface area contributed by atoms with Gasteiger partial charge in [0.05, 0.1) is 31.0 Å². The van der Waals surface area contributed by atoms with Gasteiger partial charge in [0.25, 0.3) is 0 Å². The predicted octanol–water partition coefficient (Wildman–Crippen LogP) is 2.05. The minimum Gasteiger partial charge on any atom is -0.379 e. The summed E-state index contributed by atoms with van der Waals surface area (Å²) in [6.45, 7) is 6.92. The summed E-state index contributed by atoms with van der Waals surface area (Å²) in [6.07, 6.45) is 0.961. The van der Waals surface area contributed by atoms with Gasteiger partial charge >= 0.3 is 0 Å². The largest absolute Gasteiger partial charge is 0.379 e. The van der Waals surface area contributed by atoms with Gasteiger partial charge < -0.3 is 9.47 Å². The average Bonchev–Trinajstić information content (AvgIpc) is 2.58. The molecule has 14 heavy (non-hydrogen) atoms. The maximum absolute atomic E-state index is 5.42. The van der Waals surface area contributed by atoms with Crippen LogP contribution in [0.3, 0.4) is 0 Å². The van der Waals surface area contributed by atoms with E-state index in [0.717, 1.165) is 25.3 Å². The van der Waals surface area contributed by atoms with Crippen molar-refractivity contribution in [2.24, 2.45) is 0 Å². The van der Waals surface area contributed by atoms with Gasteiger partial charge in [0.1, 0.15) is 0 Å². The molecule has 0 unspecified atom stereocenters. The molecule has 0 radical (unpaired) electrons. The van der Waals surface area contributed by atoms with Crippen molar-refractivity contribution in [3.8, 4) is 0 Å². The highest BCUT2D eigenvalue weighted by atomic mass is 32.1. The second kappa shape index (κ2) is 6.92. The fourth-order valence-electron chi connectivity index (χ4n) is 1.10. The Labute approximate surface area is 89.1 Å². The van der Waals surface area contributed by atoms with E-state index in [1.807, 2.05) is 19.4 Å². The molecule has 0 amide bonds. The van der Waals surface area contributed by atoms with Gasteiger partial charge in [0.15, 0.2) is 0 Å². The van der Waals surface area contributed by atoms with Gasteiger partial charge in [-0.05, 0) is 13.8 Å². The maximum Gasteiger partial charge on any atom is 0.0797 e. The van der Waals surface area contributed by atoms with E-state index in [0.29, 0.717) is 13.2 Å². The second-order valence-electron chi connectivity index (χ2n) is 2.92. The van der Waals surface area contributed by atoms with E-state index in [2.05, 4.69) is 4.98 Å². The average molecular weight is 215 g/mol. The molecule has 1 aromatic heterocycles. The Kier molecular flexibility index (Phi) is 5.75. The zero-order valence-electron chi connectivity index (χ0n) is 8.78. The van der Waals surface area contributed by atoms with Gasteiger partial charge in [-0.3, -0.25) is 0 Å². The van der Waals surface area contributed by atoms with Gasteiger partial charge in [0.2, 0.25) is 0 Å². The number of ether oxygens (including phenoxy) is 2. The van der Waals surface area contributed by atoms with Crippen LogP contribution in [0.25, 0.3) is 0 Å². The van der Waals surface area contributed by atoms with Crippen LogP contribution in [0.15, 0.2) is 5.51 Å². The van der Waals surface area contributed by atoms with Crippen LogP contribution < -0.4 is 0 Å². The molecule has 0 aliphatic carbocycles. The molecule has 80 valence electrons. The van der Waals surface area contributed by atoms with E-state index in [1.54, 1.807) is 11.3 Å². The van der Waals surface area contributed by atoms with E-state index in [-0.39, 0.29) is 0 Å².